The van der Waals surface area contributed by atoms with Gasteiger partial charge in [0, 0.05) is 11.6 Å². The van der Waals surface area contributed by atoms with Crippen LogP contribution in [-0.4, -0.2) is 4.98 Å². The number of nitrogens with zero attached hydrogens (tertiary/aromatic N) is 1. The van der Waals surface area contributed by atoms with Crippen LogP contribution in [-0.2, 0) is 0 Å². The standard InChI is InChI=1S/C8H7NS/c1-6-4-7-2-3-10-8(7)9-5-6/h2-5H,1H3. The summed E-state index contributed by atoms with van der Waals surface area (Å²) in [5.41, 5.74) is 1.23. The van der Waals surface area contributed by atoms with Gasteiger partial charge in [0.25, 0.3) is 0 Å². The van der Waals surface area contributed by atoms with Crippen molar-refractivity contribution < 1.29 is 0 Å². The highest BCUT2D eigenvalue weighted by Crippen LogP contribution is 2.18. The summed E-state index contributed by atoms with van der Waals surface area (Å²) in [4.78, 5) is 5.39. The Morgan fingerprint density at radius 3 is 3.30 bits per heavy atom. The molecule has 0 aliphatic heterocycles. The molecule has 0 saturated carbocycles. The van der Waals surface area contributed by atoms with Crippen molar-refractivity contribution in [2.45, 2.75) is 6.92 Å². The molecule has 0 aromatic carbocycles. The zero-order chi connectivity index (χ0) is 6.97. The molecular weight excluding hydrogens is 142 g/mol. The molecule has 0 aliphatic carbocycles. The van der Waals surface area contributed by atoms with Gasteiger partial charge in [0.2, 0.25) is 0 Å². The Kier molecular flexibility index (Phi) is 1.21. The molecule has 10 heavy (non-hydrogen) atoms. The number of hydrogen-bond donors (Lipinski definition) is 0. The van der Waals surface area contributed by atoms with E-state index >= 15 is 0 Å². The summed E-state index contributed by atoms with van der Waals surface area (Å²) >= 11 is 1.68. The Bertz CT molecular complexity index is 351. The molecule has 0 saturated heterocycles. The molecule has 0 bridgehead atoms. The van der Waals surface area contributed by atoms with Crippen LogP contribution in [0.3, 0.4) is 0 Å². The molecule has 0 N–H and O–H groups in total. The highest BCUT2D eigenvalue weighted by atomic mass is 32.1. The normalized spacial score (nSPS) is 10.5. The summed E-state index contributed by atoms with van der Waals surface area (Å²) in [5.74, 6) is 0. The molecule has 2 heterocycles. The molecule has 1 nitrogen and oxygen atoms in total. The van der Waals surface area contributed by atoms with Crippen molar-refractivity contribution >= 4 is 21.6 Å². The maximum Gasteiger partial charge on any atom is 0.123 e. The Morgan fingerprint density at radius 2 is 2.40 bits per heavy atom. The third-order valence-corrected chi connectivity index (χ3v) is 2.28. The number of hydrogen-bond acceptors (Lipinski definition) is 2. The number of fused-ring (bicyclic) bond motifs is 1. The van der Waals surface area contributed by atoms with Crippen LogP contribution in [0.2, 0.25) is 0 Å². The fraction of sp³-hybridized carbons (Fsp3) is 0.125. The molecule has 2 aromatic rings. The van der Waals surface area contributed by atoms with E-state index in [1.807, 2.05) is 6.20 Å². The van der Waals surface area contributed by atoms with Gasteiger partial charge in [0.1, 0.15) is 4.83 Å². The van der Waals surface area contributed by atoms with E-state index < -0.39 is 0 Å². The molecule has 0 amide bonds. The maximum absolute atomic E-state index is 4.26. The summed E-state index contributed by atoms with van der Waals surface area (Å²) in [5, 5.41) is 3.32. The molecule has 2 rings (SSSR count). The fourth-order valence-corrected chi connectivity index (χ4v) is 1.69. The molecule has 50 valence electrons. The number of pyridine rings is 1. The largest absolute Gasteiger partial charge is 0.245 e. The first-order chi connectivity index (χ1) is 4.86. The Balaban J connectivity index is 2.86. The summed E-state index contributed by atoms with van der Waals surface area (Å²) in [6.45, 7) is 2.06. The highest BCUT2D eigenvalue weighted by Gasteiger charge is 1.93. The topological polar surface area (TPSA) is 12.9 Å². The third-order valence-electron chi connectivity index (χ3n) is 1.44. The monoisotopic (exact) mass is 149 g/mol. The van der Waals surface area contributed by atoms with Gasteiger partial charge in [0.05, 0.1) is 0 Å². The minimum atomic E-state index is 1.13. The summed E-state index contributed by atoms with van der Waals surface area (Å²) in [7, 11) is 0. The number of aryl methyl sites for hydroxylation is 1. The third kappa shape index (κ3) is 0.809. The van der Waals surface area contributed by atoms with E-state index in [-0.39, 0.29) is 0 Å². The van der Waals surface area contributed by atoms with E-state index in [4.69, 9.17) is 0 Å². The van der Waals surface area contributed by atoms with Gasteiger partial charge < -0.3 is 0 Å². The van der Waals surface area contributed by atoms with Crippen molar-refractivity contribution in [1.29, 1.82) is 0 Å². The lowest BCUT2D eigenvalue weighted by Crippen LogP contribution is -1.73. The minimum Gasteiger partial charge on any atom is -0.245 e. The van der Waals surface area contributed by atoms with Crippen LogP contribution < -0.4 is 0 Å². The van der Waals surface area contributed by atoms with Crippen molar-refractivity contribution in [3.63, 3.8) is 0 Å². The molecule has 0 radical (unpaired) electrons. The highest BCUT2D eigenvalue weighted by molar-refractivity contribution is 7.16. The van der Waals surface area contributed by atoms with Crippen molar-refractivity contribution in [3.05, 3.63) is 29.3 Å². The summed E-state index contributed by atoms with van der Waals surface area (Å²) in [6.07, 6.45) is 1.90. The first kappa shape index (κ1) is 5.86. The van der Waals surface area contributed by atoms with Gasteiger partial charge in [-0.1, -0.05) is 0 Å². The number of rotatable bonds is 0. The minimum absolute atomic E-state index is 1.13. The van der Waals surface area contributed by atoms with Crippen LogP contribution >= 0.6 is 11.3 Å². The fourth-order valence-electron chi connectivity index (χ4n) is 0.969. The number of thiophene rings is 1. The van der Waals surface area contributed by atoms with E-state index in [2.05, 4.69) is 29.4 Å². The molecule has 2 aromatic heterocycles. The predicted octanol–water partition coefficient (Wildman–Crippen LogP) is 2.60. The number of aromatic nitrogens is 1. The van der Waals surface area contributed by atoms with Crippen LogP contribution in [0.4, 0.5) is 0 Å². The van der Waals surface area contributed by atoms with E-state index in [0.29, 0.717) is 0 Å². The van der Waals surface area contributed by atoms with Gasteiger partial charge in [-0.2, -0.15) is 0 Å². The second kappa shape index (κ2) is 2.06. The van der Waals surface area contributed by atoms with Crippen molar-refractivity contribution in [2.75, 3.05) is 0 Å². The Labute approximate surface area is 63.3 Å². The van der Waals surface area contributed by atoms with Gasteiger partial charge in [0.15, 0.2) is 0 Å². The van der Waals surface area contributed by atoms with Crippen molar-refractivity contribution in [3.8, 4) is 0 Å². The lowest BCUT2D eigenvalue weighted by Gasteiger charge is -1.89. The molecule has 0 fully saturated rings. The van der Waals surface area contributed by atoms with Crippen LogP contribution in [0.5, 0.6) is 0 Å². The second-order valence-electron chi connectivity index (χ2n) is 2.33. The summed E-state index contributed by atoms with van der Waals surface area (Å²) in [6, 6.07) is 4.25. The first-order valence-electron chi connectivity index (χ1n) is 3.16. The van der Waals surface area contributed by atoms with Gasteiger partial charge in [-0.3, -0.25) is 0 Å². The van der Waals surface area contributed by atoms with Crippen molar-refractivity contribution in [2.24, 2.45) is 0 Å². The SMILES string of the molecule is Cc1cnc2sccc2c1. The van der Waals surface area contributed by atoms with Crippen molar-refractivity contribution in [1.82, 2.24) is 4.98 Å². The average molecular weight is 149 g/mol. The lowest BCUT2D eigenvalue weighted by atomic mass is 10.3. The Hall–Kier alpha value is -0.890. The molecular formula is C8H7NS. The summed E-state index contributed by atoms with van der Waals surface area (Å²) < 4.78 is 0. The van der Waals surface area contributed by atoms with Crippen LogP contribution in [0.15, 0.2) is 23.7 Å². The maximum atomic E-state index is 4.26. The van der Waals surface area contributed by atoms with Crippen LogP contribution in [0.1, 0.15) is 5.56 Å². The van der Waals surface area contributed by atoms with Gasteiger partial charge in [-0.15, -0.1) is 11.3 Å². The molecule has 0 atom stereocenters. The quantitative estimate of drug-likeness (QED) is 0.561. The van der Waals surface area contributed by atoms with E-state index in [1.54, 1.807) is 11.3 Å². The molecule has 0 unspecified atom stereocenters. The predicted molar refractivity (Wildman–Crippen MR) is 44.4 cm³/mol. The van der Waals surface area contributed by atoms with Crippen LogP contribution in [0.25, 0.3) is 10.2 Å². The lowest BCUT2D eigenvalue weighted by molar-refractivity contribution is 1.35. The average Bonchev–Trinajstić information content (AvgIpc) is 2.33. The zero-order valence-corrected chi connectivity index (χ0v) is 6.48. The van der Waals surface area contributed by atoms with E-state index in [0.717, 1.165) is 4.83 Å². The first-order valence-corrected chi connectivity index (χ1v) is 4.04. The molecule has 2 heteroatoms. The van der Waals surface area contributed by atoms with Gasteiger partial charge >= 0.3 is 0 Å². The van der Waals surface area contributed by atoms with Crippen LogP contribution in [0, 0.1) is 6.92 Å². The molecule has 0 aliphatic rings. The van der Waals surface area contributed by atoms with Gasteiger partial charge in [-0.05, 0) is 30.0 Å². The Morgan fingerprint density at radius 1 is 1.50 bits per heavy atom. The smallest absolute Gasteiger partial charge is 0.123 e. The zero-order valence-electron chi connectivity index (χ0n) is 5.66. The molecule has 0 spiro atoms. The van der Waals surface area contributed by atoms with Gasteiger partial charge in [-0.25, -0.2) is 4.98 Å². The van der Waals surface area contributed by atoms with E-state index in [9.17, 15) is 0 Å². The second-order valence-corrected chi connectivity index (χ2v) is 3.22. The van der Waals surface area contributed by atoms with E-state index in [1.165, 1.54) is 10.9 Å².